The number of nitrogens with two attached hydrogens (primary N) is 1. The van der Waals surface area contributed by atoms with Crippen molar-refractivity contribution in [2.24, 2.45) is 5.73 Å². The predicted molar refractivity (Wildman–Crippen MR) is 74.6 cm³/mol. The summed E-state index contributed by atoms with van der Waals surface area (Å²) < 4.78 is 98.4. The third-order valence-electron chi connectivity index (χ3n) is 3.01. The molecule has 0 saturated heterocycles. The summed E-state index contributed by atoms with van der Waals surface area (Å²) in [6.07, 6.45) is -11.2. The van der Waals surface area contributed by atoms with Crippen LogP contribution in [0.1, 0.15) is 5.56 Å². The van der Waals surface area contributed by atoms with E-state index in [0.717, 1.165) is 13.2 Å². The molecule has 2 N–H and O–H groups in total. The lowest BCUT2D eigenvalue weighted by molar-refractivity contribution is -0.225. The fraction of sp³-hybridized carbons (Fsp3) is 0.538. The molecule has 1 rings (SSSR count). The Morgan fingerprint density at radius 2 is 1.54 bits per heavy atom. The van der Waals surface area contributed by atoms with Gasteiger partial charge in [0, 0.05) is 6.07 Å². The van der Waals surface area contributed by atoms with Gasteiger partial charge in [-0.25, -0.2) is 0 Å². The maximum atomic E-state index is 12.8. The number of rotatable bonds is 6. The Morgan fingerprint density at radius 3 is 1.92 bits per heavy atom. The smallest absolute Gasteiger partial charge is 0.412 e. The summed E-state index contributed by atoms with van der Waals surface area (Å²) in [6, 6.07) is 2.02. The van der Waals surface area contributed by atoms with Crippen LogP contribution in [0.15, 0.2) is 17.0 Å². The number of alkyl halides is 6. The third-order valence-corrected chi connectivity index (χ3v) is 4.72. The molecular weight excluding hydrogens is 364 g/mol. The average molecular weight is 379 g/mol. The second-order valence-electron chi connectivity index (χ2n) is 4.61. The topological polar surface area (TPSA) is 61.5 Å². The second-order valence-corrected chi connectivity index (χ2v) is 6.12. The Bertz CT molecular complexity index is 589. The van der Waals surface area contributed by atoms with Crippen molar-refractivity contribution < 1.29 is 40.0 Å². The minimum Gasteiger partial charge on any atom is -0.496 e. The Balaban J connectivity index is 3.50. The van der Waals surface area contributed by atoms with Crippen molar-refractivity contribution in [3.05, 3.63) is 17.7 Å². The molecule has 1 unspecified atom stereocenters. The zero-order valence-corrected chi connectivity index (χ0v) is 13.4. The van der Waals surface area contributed by atoms with Crippen LogP contribution in [0, 0.1) is 0 Å². The normalized spacial score (nSPS) is 13.9. The molecule has 0 spiro atoms. The van der Waals surface area contributed by atoms with E-state index in [4.69, 9.17) is 15.2 Å². The van der Waals surface area contributed by atoms with E-state index in [1.54, 1.807) is 0 Å². The molecule has 24 heavy (non-hydrogen) atoms. The summed E-state index contributed by atoms with van der Waals surface area (Å²) in [7, 11) is -1.26. The third kappa shape index (κ3) is 4.53. The summed E-state index contributed by atoms with van der Waals surface area (Å²) in [5.41, 5.74) is 5.79. The van der Waals surface area contributed by atoms with Gasteiger partial charge in [-0.3, -0.25) is 4.21 Å². The Kier molecular flexibility index (Phi) is 6.51. The largest absolute Gasteiger partial charge is 0.496 e. The van der Waals surface area contributed by atoms with Gasteiger partial charge in [-0.15, -0.1) is 0 Å². The molecule has 0 radical (unpaired) electrons. The first-order valence-electron chi connectivity index (χ1n) is 6.46. The number of benzene rings is 1. The molecule has 11 heteroatoms. The average Bonchev–Trinajstić information content (AvgIpc) is 2.43. The quantitative estimate of drug-likeness (QED) is 0.773. The van der Waals surface area contributed by atoms with Crippen LogP contribution in [0.5, 0.6) is 11.5 Å². The van der Waals surface area contributed by atoms with Crippen molar-refractivity contribution in [1.82, 2.24) is 0 Å². The van der Waals surface area contributed by atoms with E-state index >= 15 is 0 Å². The summed E-state index contributed by atoms with van der Waals surface area (Å²) >= 11 is 0. The van der Waals surface area contributed by atoms with Crippen LogP contribution >= 0.6 is 0 Å². The van der Waals surface area contributed by atoms with Gasteiger partial charge in [-0.1, -0.05) is 0 Å². The van der Waals surface area contributed by atoms with E-state index in [1.165, 1.54) is 13.2 Å². The molecule has 0 aliphatic carbocycles. The lowest BCUT2D eigenvalue weighted by Gasteiger charge is -2.23. The summed E-state index contributed by atoms with van der Waals surface area (Å²) in [4.78, 5) is -0.755. The van der Waals surface area contributed by atoms with Gasteiger partial charge in [0.05, 0.1) is 29.9 Å². The highest BCUT2D eigenvalue weighted by Crippen LogP contribution is 2.42. The van der Waals surface area contributed by atoms with Crippen molar-refractivity contribution >= 4 is 10.8 Å². The van der Waals surface area contributed by atoms with Gasteiger partial charge in [0.25, 0.3) is 0 Å². The number of hydrogen-bond acceptors (Lipinski definition) is 4. The minimum atomic E-state index is -5.74. The minimum absolute atomic E-state index is 0.0206. The number of ether oxygens (including phenoxy) is 2. The highest BCUT2D eigenvalue weighted by molar-refractivity contribution is 7.86. The molecule has 1 atom stereocenters. The van der Waals surface area contributed by atoms with E-state index < -0.39 is 33.3 Å². The zero-order chi connectivity index (χ0) is 18.7. The molecule has 0 aromatic heterocycles. The fourth-order valence-electron chi connectivity index (χ4n) is 2.00. The van der Waals surface area contributed by atoms with Crippen molar-refractivity contribution in [2.45, 2.75) is 28.9 Å². The lowest BCUT2D eigenvalue weighted by Crippen LogP contribution is -2.45. The molecule has 0 aliphatic rings. The number of halogens is 6. The molecule has 138 valence electrons. The van der Waals surface area contributed by atoms with Crippen LogP contribution in [0.3, 0.4) is 0 Å². The predicted octanol–water partition coefficient (Wildman–Crippen LogP) is 2.81. The Morgan fingerprint density at radius 1 is 1.04 bits per heavy atom. The van der Waals surface area contributed by atoms with E-state index in [2.05, 4.69) is 0 Å². The Labute approximate surface area is 136 Å². The van der Waals surface area contributed by atoms with E-state index in [9.17, 15) is 30.6 Å². The maximum absolute atomic E-state index is 12.8. The van der Waals surface area contributed by atoms with Crippen molar-refractivity contribution in [2.75, 3.05) is 20.8 Å². The van der Waals surface area contributed by atoms with Crippen molar-refractivity contribution in [3.63, 3.8) is 0 Å². The molecule has 0 bridgehead atoms. The van der Waals surface area contributed by atoms with Gasteiger partial charge in [0.1, 0.15) is 11.5 Å². The molecule has 0 fully saturated rings. The van der Waals surface area contributed by atoms with E-state index in [0.29, 0.717) is 5.56 Å². The van der Waals surface area contributed by atoms with E-state index in [1.807, 2.05) is 0 Å². The highest BCUT2D eigenvalue weighted by atomic mass is 32.2. The zero-order valence-electron chi connectivity index (χ0n) is 12.6. The van der Waals surface area contributed by atoms with Crippen molar-refractivity contribution in [1.29, 1.82) is 0 Å². The first-order chi connectivity index (χ1) is 11.0. The van der Waals surface area contributed by atoms with Crippen LogP contribution < -0.4 is 15.2 Å². The number of hydrogen-bond donors (Lipinski definition) is 1. The molecule has 4 nitrogen and oxygen atoms in total. The van der Waals surface area contributed by atoms with Gasteiger partial charge < -0.3 is 15.2 Å². The van der Waals surface area contributed by atoms with E-state index in [-0.39, 0.29) is 24.5 Å². The van der Waals surface area contributed by atoms with Gasteiger partial charge in [0.2, 0.25) is 5.25 Å². The van der Waals surface area contributed by atoms with Crippen LogP contribution in [-0.4, -0.2) is 42.6 Å². The lowest BCUT2D eigenvalue weighted by atomic mass is 10.1. The summed E-state index contributed by atoms with van der Waals surface area (Å²) in [6.45, 7) is 0.162. The SMILES string of the molecule is COc1cc(S(=O)C(C(F)(F)F)C(F)(F)F)c(OC)cc1CCN. The molecule has 0 heterocycles. The van der Waals surface area contributed by atoms with Gasteiger partial charge in [0.15, 0.2) is 0 Å². The first kappa shape index (κ1) is 20.6. The fourth-order valence-corrected chi connectivity index (χ4v) is 3.30. The second kappa shape index (κ2) is 7.60. The molecule has 1 aromatic rings. The number of methoxy groups -OCH3 is 2. The molecule has 1 aromatic carbocycles. The standard InChI is InChI=1S/C13H15F6NO3S/c1-22-8-6-10(9(23-2)5-7(8)3-4-20)24(21)11(12(14,15)16)13(17,18)19/h5-6,11H,3-4,20H2,1-2H3. The first-order valence-corrected chi connectivity index (χ1v) is 7.67. The van der Waals surface area contributed by atoms with Crippen LogP contribution in [0.2, 0.25) is 0 Å². The molecular formula is C13H15F6NO3S. The summed E-state index contributed by atoms with van der Waals surface area (Å²) in [5, 5.41) is -4.04. The summed E-state index contributed by atoms with van der Waals surface area (Å²) in [5.74, 6) is -0.385. The van der Waals surface area contributed by atoms with Gasteiger partial charge in [-0.2, -0.15) is 26.3 Å². The monoisotopic (exact) mass is 379 g/mol. The Hall–Kier alpha value is -1.49. The van der Waals surface area contributed by atoms with Gasteiger partial charge in [-0.05, 0) is 24.6 Å². The van der Waals surface area contributed by atoms with Crippen molar-refractivity contribution in [3.8, 4) is 11.5 Å². The molecule has 0 aliphatic heterocycles. The molecule has 0 amide bonds. The van der Waals surface area contributed by atoms with Crippen LogP contribution in [-0.2, 0) is 17.2 Å². The van der Waals surface area contributed by atoms with Gasteiger partial charge >= 0.3 is 12.4 Å². The maximum Gasteiger partial charge on any atom is 0.412 e. The highest BCUT2D eigenvalue weighted by Gasteiger charge is 2.61. The van der Waals surface area contributed by atoms with Crippen LogP contribution in [0.25, 0.3) is 0 Å². The van der Waals surface area contributed by atoms with Crippen LogP contribution in [0.4, 0.5) is 26.3 Å². The molecule has 0 saturated carbocycles.